The first-order chi connectivity index (χ1) is 8.33. The molecule has 3 heteroatoms. The van der Waals surface area contributed by atoms with E-state index in [1.807, 2.05) is 11.3 Å². The Bertz CT molecular complexity index is 412. The lowest BCUT2D eigenvalue weighted by molar-refractivity contribution is -0.125. The van der Waals surface area contributed by atoms with E-state index in [0.29, 0.717) is 11.7 Å². The summed E-state index contributed by atoms with van der Waals surface area (Å²) < 4.78 is 0. The van der Waals surface area contributed by atoms with Crippen LogP contribution >= 0.6 is 11.3 Å². The normalized spacial score (nSPS) is 25.9. The SMILES string of the molecule is O=C1CCCCC1CN1CCc2sccc2C1. The third kappa shape index (κ3) is 2.45. The fourth-order valence-corrected chi connectivity index (χ4v) is 3.91. The first kappa shape index (κ1) is 11.4. The van der Waals surface area contributed by atoms with E-state index in [9.17, 15) is 4.79 Å². The van der Waals surface area contributed by atoms with E-state index in [1.165, 1.54) is 18.4 Å². The van der Waals surface area contributed by atoms with Crippen LogP contribution in [-0.4, -0.2) is 23.8 Å². The lowest BCUT2D eigenvalue weighted by Gasteiger charge is -2.31. The molecular weight excluding hydrogens is 230 g/mol. The molecule has 2 aliphatic rings. The highest BCUT2D eigenvalue weighted by molar-refractivity contribution is 7.10. The van der Waals surface area contributed by atoms with Crippen LogP contribution in [0, 0.1) is 5.92 Å². The summed E-state index contributed by atoms with van der Waals surface area (Å²) in [7, 11) is 0. The van der Waals surface area contributed by atoms with Crippen molar-refractivity contribution in [2.75, 3.05) is 13.1 Å². The molecule has 0 amide bonds. The number of nitrogens with zero attached hydrogens (tertiary/aromatic N) is 1. The van der Waals surface area contributed by atoms with Crippen molar-refractivity contribution < 1.29 is 4.79 Å². The minimum absolute atomic E-state index is 0.323. The fourth-order valence-electron chi connectivity index (χ4n) is 3.02. The van der Waals surface area contributed by atoms with Crippen LogP contribution in [0.1, 0.15) is 36.1 Å². The molecule has 1 aliphatic heterocycles. The topological polar surface area (TPSA) is 20.3 Å². The van der Waals surface area contributed by atoms with E-state index in [2.05, 4.69) is 16.3 Å². The molecule has 0 bridgehead atoms. The second-order valence-corrected chi connectivity index (χ2v) is 6.26. The summed E-state index contributed by atoms with van der Waals surface area (Å²) in [5.41, 5.74) is 1.49. The van der Waals surface area contributed by atoms with Gasteiger partial charge >= 0.3 is 0 Å². The lowest BCUT2D eigenvalue weighted by atomic mass is 9.87. The van der Waals surface area contributed by atoms with E-state index in [-0.39, 0.29) is 0 Å². The van der Waals surface area contributed by atoms with E-state index in [1.54, 1.807) is 4.88 Å². The van der Waals surface area contributed by atoms with E-state index >= 15 is 0 Å². The number of fused-ring (bicyclic) bond motifs is 1. The molecule has 0 spiro atoms. The van der Waals surface area contributed by atoms with Gasteiger partial charge < -0.3 is 0 Å². The number of hydrogen-bond acceptors (Lipinski definition) is 3. The first-order valence-corrected chi connectivity index (χ1v) is 7.51. The van der Waals surface area contributed by atoms with Gasteiger partial charge in [-0.2, -0.15) is 0 Å². The van der Waals surface area contributed by atoms with Gasteiger partial charge in [-0.05, 0) is 36.3 Å². The monoisotopic (exact) mass is 249 g/mol. The molecule has 2 heterocycles. The Morgan fingerprint density at radius 1 is 1.35 bits per heavy atom. The van der Waals surface area contributed by atoms with Crippen LogP contribution in [0.4, 0.5) is 0 Å². The zero-order chi connectivity index (χ0) is 11.7. The van der Waals surface area contributed by atoms with Gasteiger partial charge in [0.15, 0.2) is 0 Å². The maximum absolute atomic E-state index is 11.8. The zero-order valence-electron chi connectivity index (χ0n) is 10.2. The molecule has 3 rings (SSSR count). The van der Waals surface area contributed by atoms with Crippen molar-refractivity contribution in [3.8, 4) is 0 Å². The quantitative estimate of drug-likeness (QED) is 0.803. The smallest absolute Gasteiger partial charge is 0.137 e. The molecule has 2 nitrogen and oxygen atoms in total. The molecule has 1 aromatic heterocycles. The Balaban J connectivity index is 1.61. The summed E-state index contributed by atoms with van der Waals surface area (Å²) in [6, 6.07) is 2.24. The van der Waals surface area contributed by atoms with Crippen molar-refractivity contribution in [1.29, 1.82) is 0 Å². The van der Waals surface area contributed by atoms with Crippen molar-refractivity contribution in [3.05, 3.63) is 21.9 Å². The maximum Gasteiger partial charge on any atom is 0.137 e. The zero-order valence-corrected chi connectivity index (χ0v) is 11.0. The van der Waals surface area contributed by atoms with Gasteiger partial charge in [0.25, 0.3) is 0 Å². The molecule has 1 atom stereocenters. The van der Waals surface area contributed by atoms with Gasteiger partial charge in [0.05, 0.1) is 0 Å². The highest BCUT2D eigenvalue weighted by Gasteiger charge is 2.26. The molecule has 1 aliphatic carbocycles. The number of carbonyl (C=O) groups excluding carboxylic acids is 1. The van der Waals surface area contributed by atoms with Gasteiger partial charge in [-0.3, -0.25) is 9.69 Å². The number of ketones is 1. The molecular formula is C14H19NOS. The summed E-state index contributed by atoms with van der Waals surface area (Å²) in [6.07, 6.45) is 5.47. The van der Waals surface area contributed by atoms with Gasteiger partial charge in [-0.15, -0.1) is 11.3 Å². The van der Waals surface area contributed by atoms with Crippen molar-refractivity contribution in [2.24, 2.45) is 5.92 Å². The number of Topliss-reactive ketones (excluding diaryl/α,β-unsaturated/α-hetero) is 1. The number of hydrogen-bond donors (Lipinski definition) is 0. The van der Waals surface area contributed by atoms with Crippen LogP contribution in [0.5, 0.6) is 0 Å². The van der Waals surface area contributed by atoms with Crippen LogP contribution in [0.15, 0.2) is 11.4 Å². The average molecular weight is 249 g/mol. The van der Waals surface area contributed by atoms with Crippen molar-refractivity contribution >= 4 is 17.1 Å². The molecule has 17 heavy (non-hydrogen) atoms. The lowest BCUT2D eigenvalue weighted by Crippen LogP contribution is -2.37. The fraction of sp³-hybridized carbons (Fsp3) is 0.643. The van der Waals surface area contributed by atoms with E-state index in [0.717, 1.165) is 38.9 Å². The first-order valence-electron chi connectivity index (χ1n) is 6.63. The van der Waals surface area contributed by atoms with Gasteiger partial charge in [-0.1, -0.05) is 6.42 Å². The molecule has 0 aromatic carbocycles. The predicted molar refractivity (Wildman–Crippen MR) is 70.3 cm³/mol. The van der Waals surface area contributed by atoms with Crippen LogP contribution in [-0.2, 0) is 17.8 Å². The third-order valence-electron chi connectivity index (χ3n) is 4.05. The van der Waals surface area contributed by atoms with Crippen LogP contribution in [0.2, 0.25) is 0 Å². The van der Waals surface area contributed by atoms with Gasteiger partial charge in [-0.25, -0.2) is 0 Å². The second-order valence-electron chi connectivity index (χ2n) is 5.26. The molecule has 0 N–H and O–H groups in total. The molecule has 1 aromatic rings. The van der Waals surface area contributed by atoms with Crippen LogP contribution in [0.25, 0.3) is 0 Å². The summed E-state index contributed by atoms with van der Waals surface area (Å²) in [6.45, 7) is 3.19. The average Bonchev–Trinajstić information content (AvgIpc) is 2.79. The summed E-state index contributed by atoms with van der Waals surface area (Å²) in [5.74, 6) is 0.830. The maximum atomic E-state index is 11.8. The Morgan fingerprint density at radius 2 is 2.29 bits per heavy atom. The minimum atomic E-state index is 0.323. The third-order valence-corrected chi connectivity index (χ3v) is 5.07. The molecule has 1 fully saturated rings. The molecule has 0 radical (unpaired) electrons. The Labute approximate surface area is 107 Å². The largest absolute Gasteiger partial charge is 0.299 e. The molecule has 92 valence electrons. The number of thiophene rings is 1. The van der Waals surface area contributed by atoms with Crippen molar-refractivity contribution in [3.63, 3.8) is 0 Å². The molecule has 1 unspecified atom stereocenters. The van der Waals surface area contributed by atoms with Crippen LogP contribution in [0.3, 0.4) is 0 Å². The molecule has 0 saturated heterocycles. The summed E-state index contributed by atoms with van der Waals surface area (Å²) in [4.78, 5) is 15.9. The summed E-state index contributed by atoms with van der Waals surface area (Å²) >= 11 is 1.88. The van der Waals surface area contributed by atoms with Gasteiger partial charge in [0.1, 0.15) is 5.78 Å². The van der Waals surface area contributed by atoms with E-state index < -0.39 is 0 Å². The van der Waals surface area contributed by atoms with Crippen molar-refractivity contribution in [1.82, 2.24) is 4.90 Å². The summed E-state index contributed by atoms with van der Waals surface area (Å²) in [5, 5.41) is 2.19. The number of rotatable bonds is 2. The number of carbonyl (C=O) groups is 1. The van der Waals surface area contributed by atoms with Crippen LogP contribution < -0.4 is 0 Å². The molecule has 1 saturated carbocycles. The Kier molecular flexibility index (Phi) is 3.30. The Hall–Kier alpha value is -0.670. The Morgan fingerprint density at radius 3 is 3.18 bits per heavy atom. The highest BCUT2D eigenvalue weighted by atomic mass is 32.1. The standard InChI is InChI=1S/C14H19NOS/c16-13-4-2-1-3-11(13)9-15-7-5-14-12(10-15)6-8-17-14/h6,8,11H,1-5,7,9-10H2. The predicted octanol–water partition coefficient (Wildman–Crippen LogP) is 2.87. The van der Waals surface area contributed by atoms with Crippen molar-refractivity contribution in [2.45, 2.75) is 38.6 Å². The van der Waals surface area contributed by atoms with Gasteiger partial charge in [0, 0.05) is 36.9 Å². The van der Waals surface area contributed by atoms with Gasteiger partial charge in [0.2, 0.25) is 0 Å². The van der Waals surface area contributed by atoms with E-state index in [4.69, 9.17) is 0 Å². The highest BCUT2D eigenvalue weighted by Crippen LogP contribution is 2.27. The second kappa shape index (κ2) is 4.91. The minimum Gasteiger partial charge on any atom is -0.299 e.